The van der Waals surface area contributed by atoms with Gasteiger partial charge < -0.3 is 9.26 Å². The fourth-order valence-corrected chi connectivity index (χ4v) is 2.08. The summed E-state index contributed by atoms with van der Waals surface area (Å²) in [6, 6.07) is 16.6. The Morgan fingerprint density at radius 1 is 1.16 bits per heavy atom. The van der Waals surface area contributed by atoms with E-state index in [1.54, 1.807) is 12.1 Å². The van der Waals surface area contributed by atoms with Crippen molar-refractivity contribution >= 4 is 17.7 Å². The zero-order valence-corrected chi connectivity index (χ0v) is 12.9. The number of rotatable bonds is 5. The highest BCUT2D eigenvalue weighted by Gasteiger charge is 2.12. The summed E-state index contributed by atoms with van der Waals surface area (Å²) in [7, 11) is 0. The molecule has 0 saturated carbocycles. The lowest BCUT2D eigenvalue weighted by atomic mass is 10.1. The summed E-state index contributed by atoms with van der Waals surface area (Å²) < 4.78 is 10.1. The van der Waals surface area contributed by atoms with E-state index in [1.165, 1.54) is 18.2 Å². The summed E-state index contributed by atoms with van der Waals surface area (Å²) in [6.07, 6.45) is -0.671. The van der Waals surface area contributed by atoms with Crippen molar-refractivity contribution in [3.63, 3.8) is 0 Å². The summed E-state index contributed by atoms with van der Waals surface area (Å²) in [5.74, 6) is 0.117. The third-order valence-corrected chi connectivity index (χ3v) is 3.32. The smallest absolute Gasteiger partial charge is 0.414 e. The van der Waals surface area contributed by atoms with Gasteiger partial charge in [-0.2, -0.15) is 0 Å². The monoisotopic (exact) mass is 339 g/mol. The van der Waals surface area contributed by atoms with Crippen LogP contribution < -0.4 is 5.32 Å². The van der Waals surface area contributed by atoms with Crippen molar-refractivity contribution in [3.8, 4) is 11.3 Å². The fourth-order valence-electron chi connectivity index (χ4n) is 2.08. The minimum absolute atomic E-state index is 0.0184. The number of nitro groups is 1. The molecule has 8 heteroatoms. The number of hydrogen-bond acceptors (Lipinski definition) is 6. The number of non-ortho nitro benzene ring substituents is 1. The topological polar surface area (TPSA) is 108 Å². The molecule has 1 N–H and O–H groups in total. The Hall–Kier alpha value is -3.68. The minimum atomic E-state index is -0.671. The molecule has 0 saturated heterocycles. The summed E-state index contributed by atoms with van der Waals surface area (Å²) in [5, 5.41) is 16.9. The van der Waals surface area contributed by atoms with Crippen molar-refractivity contribution in [2.45, 2.75) is 6.61 Å². The molecule has 0 aliphatic heterocycles. The molecule has 0 unspecified atom stereocenters. The van der Waals surface area contributed by atoms with Crippen molar-refractivity contribution in [3.05, 3.63) is 76.3 Å². The molecule has 2 aromatic carbocycles. The average molecular weight is 339 g/mol. The van der Waals surface area contributed by atoms with Crippen LogP contribution in [0.2, 0.25) is 0 Å². The summed E-state index contributed by atoms with van der Waals surface area (Å²) in [4.78, 5) is 21.9. The number of benzene rings is 2. The lowest BCUT2D eigenvalue weighted by Gasteiger charge is -2.04. The molecule has 0 aliphatic rings. The molecule has 3 aromatic rings. The molecule has 25 heavy (non-hydrogen) atoms. The van der Waals surface area contributed by atoms with Gasteiger partial charge in [0.25, 0.3) is 5.69 Å². The Kier molecular flexibility index (Phi) is 4.70. The molecule has 1 heterocycles. The van der Waals surface area contributed by atoms with E-state index >= 15 is 0 Å². The zero-order chi connectivity index (χ0) is 17.6. The van der Waals surface area contributed by atoms with Crippen molar-refractivity contribution in [2.75, 3.05) is 5.32 Å². The SMILES string of the molecule is O=C(Nc1cc(-c2ccc([N+](=O)[O-])cc2)no1)OCc1ccccc1. The van der Waals surface area contributed by atoms with Gasteiger partial charge in [-0.1, -0.05) is 35.5 Å². The molecular weight excluding hydrogens is 326 g/mol. The van der Waals surface area contributed by atoms with Gasteiger partial charge in [-0.25, -0.2) is 4.79 Å². The predicted octanol–water partition coefficient (Wildman–Crippen LogP) is 4.00. The van der Waals surface area contributed by atoms with Gasteiger partial charge in [0.2, 0.25) is 5.88 Å². The Morgan fingerprint density at radius 2 is 1.88 bits per heavy atom. The summed E-state index contributed by atoms with van der Waals surface area (Å²) in [5.41, 5.74) is 1.91. The molecule has 0 atom stereocenters. The number of anilines is 1. The van der Waals surface area contributed by atoms with E-state index in [2.05, 4.69) is 10.5 Å². The molecule has 126 valence electrons. The van der Waals surface area contributed by atoms with Crippen LogP contribution in [0.5, 0.6) is 0 Å². The number of carbonyl (C=O) groups is 1. The van der Waals surface area contributed by atoms with Crippen LogP contribution in [0, 0.1) is 10.1 Å². The summed E-state index contributed by atoms with van der Waals surface area (Å²) >= 11 is 0. The standard InChI is InChI=1S/C17H13N3O5/c21-17(24-11-12-4-2-1-3-5-12)18-16-10-15(19-25-16)13-6-8-14(9-7-13)20(22)23/h1-10H,11H2,(H,18,21). The number of aromatic nitrogens is 1. The first-order chi connectivity index (χ1) is 12.1. The van der Waals surface area contributed by atoms with E-state index in [4.69, 9.17) is 9.26 Å². The van der Waals surface area contributed by atoms with Gasteiger partial charge in [-0.05, 0) is 17.7 Å². The predicted molar refractivity (Wildman–Crippen MR) is 88.8 cm³/mol. The largest absolute Gasteiger partial charge is 0.444 e. The van der Waals surface area contributed by atoms with Crippen LogP contribution in [0.1, 0.15) is 5.56 Å². The molecule has 0 aliphatic carbocycles. The first-order valence-electron chi connectivity index (χ1n) is 7.31. The molecule has 0 radical (unpaired) electrons. The quantitative estimate of drug-likeness (QED) is 0.556. The second-order valence-corrected chi connectivity index (χ2v) is 5.07. The molecule has 1 amide bonds. The Labute approximate surface area is 142 Å². The van der Waals surface area contributed by atoms with Crippen LogP contribution in [0.4, 0.5) is 16.4 Å². The van der Waals surface area contributed by atoms with Gasteiger partial charge in [0.15, 0.2) is 0 Å². The van der Waals surface area contributed by atoms with Gasteiger partial charge in [-0.3, -0.25) is 15.4 Å². The third-order valence-electron chi connectivity index (χ3n) is 3.32. The van der Waals surface area contributed by atoms with Gasteiger partial charge in [0, 0.05) is 23.8 Å². The third kappa shape index (κ3) is 4.20. The number of ether oxygens (including phenoxy) is 1. The number of nitrogens with zero attached hydrogens (tertiary/aromatic N) is 2. The second kappa shape index (κ2) is 7.26. The highest BCUT2D eigenvalue weighted by Crippen LogP contribution is 2.24. The number of hydrogen-bond donors (Lipinski definition) is 1. The van der Waals surface area contributed by atoms with Crippen LogP contribution in [0.25, 0.3) is 11.3 Å². The highest BCUT2D eigenvalue weighted by atomic mass is 16.6. The molecule has 8 nitrogen and oxygen atoms in total. The first-order valence-corrected chi connectivity index (χ1v) is 7.31. The minimum Gasteiger partial charge on any atom is -0.444 e. The maximum Gasteiger partial charge on any atom is 0.414 e. The van der Waals surface area contributed by atoms with E-state index in [0.717, 1.165) is 5.56 Å². The van der Waals surface area contributed by atoms with E-state index < -0.39 is 11.0 Å². The number of carbonyl (C=O) groups excluding carboxylic acids is 1. The lowest BCUT2D eigenvalue weighted by Crippen LogP contribution is -2.12. The van der Waals surface area contributed by atoms with Crippen molar-refractivity contribution in [1.29, 1.82) is 0 Å². The van der Waals surface area contributed by atoms with E-state index in [1.807, 2.05) is 30.3 Å². The van der Waals surface area contributed by atoms with Gasteiger partial charge in [0.05, 0.1) is 4.92 Å². The van der Waals surface area contributed by atoms with Gasteiger partial charge in [0.1, 0.15) is 12.3 Å². The molecular formula is C17H13N3O5. The van der Waals surface area contributed by atoms with E-state index in [9.17, 15) is 14.9 Å². The molecule has 0 fully saturated rings. The lowest BCUT2D eigenvalue weighted by molar-refractivity contribution is -0.384. The summed E-state index contributed by atoms with van der Waals surface area (Å²) in [6.45, 7) is 0.135. The molecule has 0 spiro atoms. The zero-order valence-electron chi connectivity index (χ0n) is 12.9. The van der Waals surface area contributed by atoms with Crippen LogP contribution in [0.15, 0.2) is 65.2 Å². The van der Waals surface area contributed by atoms with Crippen LogP contribution in [-0.4, -0.2) is 16.2 Å². The normalized spacial score (nSPS) is 10.2. The van der Waals surface area contributed by atoms with E-state index in [-0.39, 0.29) is 18.2 Å². The average Bonchev–Trinajstić information content (AvgIpc) is 3.09. The highest BCUT2D eigenvalue weighted by molar-refractivity contribution is 5.83. The van der Waals surface area contributed by atoms with Crippen molar-refractivity contribution < 1.29 is 19.0 Å². The van der Waals surface area contributed by atoms with Gasteiger partial charge >= 0.3 is 6.09 Å². The second-order valence-electron chi connectivity index (χ2n) is 5.07. The molecule has 0 bridgehead atoms. The van der Waals surface area contributed by atoms with Crippen LogP contribution in [0.3, 0.4) is 0 Å². The maximum atomic E-state index is 11.8. The first kappa shape index (κ1) is 16.2. The van der Waals surface area contributed by atoms with Crippen molar-refractivity contribution in [2.24, 2.45) is 0 Å². The Balaban J connectivity index is 1.59. The van der Waals surface area contributed by atoms with Crippen LogP contribution >= 0.6 is 0 Å². The maximum absolute atomic E-state index is 11.8. The van der Waals surface area contributed by atoms with E-state index in [0.29, 0.717) is 11.3 Å². The number of nitro benzene ring substituents is 1. The molecule has 3 rings (SSSR count). The van der Waals surface area contributed by atoms with Crippen molar-refractivity contribution in [1.82, 2.24) is 5.16 Å². The Morgan fingerprint density at radius 3 is 2.56 bits per heavy atom. The molecule has 1 aromatic heterocycles. The van der Waals surface area contributed by atoms with Gasteiger partial charge in [-0.15, -0.1) is 0 Å². The fraction of sp³-hybridized carbons (Fsp3) is 0.0588. The van der Waals surface area contributed by atoms with Crippen LogP contribution in [-0.2, 0) is 11.3 Å². The number of amides is 1. The Bertz CT molecular complexity index is 875. The number of nitrogens with one attached hydrogen (secondary N) is 1.